The van der Waals surface area contributed by atoms with Crippen molar-refractivity contribution >= 4 is 17.3 Å². The average Bonchev–Trinajstić information content (AvgIpc) is 2.46. The third kappa shape index (κ3) is 3.88. The lowest BCUT2D eigenvalue weighted by Gasteiger charge is -2.19. The van der Waals surface area contributed by atoms with Gasteiger partial charge >= 0.3 is 6.18 Å². The van der Waals surface area contributed by atoms with Gasteiger partial charge in [-0.25, -0.2) is 4.39 Å². The largest absolute Gasteiger partial charge is 0.416 e. The summed E-state index contributed by atoms with van der Waals surface area (Å²) in [5.41, 5.74) is -0.211. The molecule has 1 unspecified atom stereocenters. The van der Waals surface area contributed by atoms with Crippen molar-refractivity contribution < 1.29 is 17.6 Å². The maximum atomic E-state index is 13.8. The molecule has 1 N–H and O–H groups in total. The van der Waals surface area contributed by atoms with Gasteiger partial charge < -0.3 is 5.32 Å². The van der Waals surface area contributed by atoms with Crippen LogP contribution < -0.4 is 5.32 Å². The van der Waals surface area contributed by atoms with Gasteiger partial charge in [0.05, 0.1) is 17.3 Å². The first-order chi connectivity index (χ1) is 9.91. The Labute approximate surface area is 124 Å². The van der Waals surface area contributed by atoms with E-state index in [1.807, 2.05) is 18.2 Å². The van der Waals surface area contributed by atoms with E-state index in [9.17, 15) is 17.6 Å². The van der Waals surface area contributed by atoms with Crippen LogP contribution in [0.4, 0.5) is 23.2 Å². The number of hydrogen-bond acceptors (Lipinski definition) is 1. The van der Waals surface area contributed by atoms with Gasteiger partial charge in [0.15, 0.2) is 0 Å². The molecular formula is C15H12ClF4N. The van der Waals surface area contributed by atoms with Crippen molar-refractivity contribution in [1.29, 1.82) is 0 Å². The zero-order valence-corrected chi connectivity index (χ0v) is 11.5. The number of benzene rings is 2. The van der Waals surface area contributed by atoms with Gasteiger partial charge in [-0.15, -0.1) is 11.6 Å². The molecular weight excluding hydrogens is 306 g/mol. The number of hydrogen-bond donors (Lipinski definition) is 1. The van der Waals surface area contributed by atoms with Gasteiger partial charge in [-0.2, -0.15) is 13.2 Å². The van der Waals surface area contributed by atoms with Gasteiger partial charge in [0.25, 0.3) is 0 Å². The first kappa shape index (κ1) is 15.6. The summed E-state index contributed by atoms with van der Waals surface area (Å²) in [5, 5.41) is 2.82. The topological polar surface area (TPSA) is 12.0 Å². The molecule has 6 heteroatoms. The molecule has 0 bridgehead atoms. The molecule has 0 heterocycles. The van der Waals surface area contributed by atoms with Crippen LogP contribution in [0.25, 0.3) is 0 Å². The molecule has 0 aliphatic carbocycles. The predicted octanol–water partition coefficient (Wildman–Crippen LogP) is 5.24. The van der Waals surface area contributed by atoms with E-state index in [0.717, 1.165) is 17.7 Å². The zero-order valence-electron chi connectivity index (χ0n) is 10.8. The molecule has 1 atom stereocenters. The van der Waals surface area contributed by atoms with E-state index in [0.29, 0.717) is 6.07 Å². The molecule has 0 spiro atoms. The van der Waals surface area contributed by atoms with Crippen LogP contribution in [0.1, 0.15) is 17.2 Å². The van der Waals surface area contributed by atoms with Crippen LogP contribution in [0.3, 0.4) is 0 Å². The highest BCUT2D eigenvalue weighted by Crippen LogP contribution is 2.32. The lowest BCUT2D eigenvalue weighted by atomic mass is 10.1. The zero-order chi connectivity index (χ0) is 15.5. The second-order valence-corrected chi connectivity index (χ2v) is 4.76. The van der Waals surface area contributed by atoms with Crippen molar-refractivity contribution in [2.45, 2.75) is 12.2 Å². The summed E-state index contributed by atoms with van der Waals surface area (Å²) in [5.74, 6) is -0.805. The maximum absolute atomic E-state index is 13.8. The van der Waals surface area contributed by atoms with Crippen molar-refractivity contribution in [1.82, 2.24) is 0 Å². The fourth-order valence-electron chi connectivity index (χ4n) is 1.89. The van der Waals surface area contributed by atoms with Gasteiger partial charge in [-0.1, -0.05) is 30.3 Å². The van der Waals surface area contributed by atoms with Gasteiger partial charge in [-0.3, -0.25) is 0 Å². The highest BCUT2D eigenvalue weighted by molar-refractivity contribution is 6.18. The van der Waals surface area contributed by atoms with Crippen LogP contribution in [0, 0.1) is 5.82 Å². The van der Waals surface area contributed by atoms with Crippen molar-refractivity contribution in [2.24, 2.45) is 0 Å². The Hall–Kier alpha value is -1.75. The van der Waals surface area contributed by atoms with Crippen LogP contribution in [0.5, 0.6) is 0 Å². The Morgan fingerprint density at radius 1 is 1.05 bits per heavy atom. The minimum absolute atomic E-state index is 0.0162. The monoisotopic (exact) mass is 317 g/mol. The van der Waals surface area contributed by atoms with Crippen LogP contribution in [-0.4, -0.2) is 5.88 Å². The van der Waals surface area contributed by atoms with Gasteiger partial charge in [-0.05, 0) is 23.8 Å². The summed E-state index contributed by atoms with van der Waals surface area (Å²) in [7, 11) is 0. The van der Waals surface area contributed by atoms with E-state index in [-0.39, 0.29) is 17.6 Å². The van der Waals surface area contributed by atoms with Gasteiger partial charge in [0.2, 0.25) is 0 Å². The summed E-state index contributed by atoms with van der Waals surface area (Å²) in [6.45, 7) is 0. The first-order valence-corrected chi connectivity index (χ1v) is 6.69. The van der Waals surface area contributed by atoms with Gasteiger partial charge in [0.1, 0.15) is 5.82 Å². The van der Waals surface area contributed by atoms with E-state index < -0.39 is 17.6 Å². The molecule has 21 heavy (non-hydrogen) atoms. The van der Waals surface area contributed by atoms with E-state index in [2.05, 4.69) is 5.32 Å². The first-order valence-electron chi connectivity index (χ1n) is 6.16. The molecule has 1 nitrogen and oxygen atoms in total. The number of nitrogens with one attached hydrogen (secondary N) is 1. The Balaban J connectivity index is 2.23. The molecule has 0 aromatic heterocycles. The van der Waals surface area contributed by atoms with Crippen LogP contribution in [0.15, 0.2) is 48.5 Å². The van der Waals surface area contributed by atoms with Crippen molar-refractivity contribution in [3.05, 3.63) is 65.5 Å². The van der Waals surface area contributed by atoms with E-state index in [4.69, 9.17) is 11.6 Å². The summed E-state index contributed by atoms with van der Waals surface area (Å²) in [6.07, 6.45) is -4.56. The highest BCUT2D eigenvalue weighted by Gasteiger charge is 2.31. The molecule has 0 aliphatic heterocycles. The molecule has 0 saturated carbocycles. The van der Waals surface area contributed by atoms with E-state index in [1.54, 1.807) is 12.1 Å². The molecule has 0 radical (unpaired) electrons. The molecule has 0 saturated heterocycles. The summed E-state index contributed by atoms with van der Waals surface area (Å²) >= 11 is 5.84. The molecule has 0 amide bonds. The molecule has 2 rings (SSSR count). The maximum Gasteiger partial charge on any atom is 0.416 e. The molecule has 0 aliphatic rings. The minimum Gasteiger partial charge on any atom is -0.375 e. The Morgan fingerprint density at radius 3 is 2.24 bits per heavy atom. The normalized spacial score (nSPS) is 13.0. The Morgan fingerprint density at radius 2 is 1.71 bits per heavy atom. The Bertz CT molecular complexity index is 598. The number of anilines is 1. The smallest absolute Gasteiger partial charge is 0.375 e. The molecule has 112 valence electrons. The van der Waals surface area contributed by atoms with Crippen molar-refractivity contribution in [2.75, 3.05) is 11.2 Å². The number of rotatable bonds is 4. The fourth-order valence-corrected chi connectivity index (χ4v) is 2.15. The predicted molar refractivity (Wildman–Crippen MR) is 74.9 cm³/mol. The van der Waals surface area contributed by atoms with Crippen LogP contribution in [-0.2, 0) is 6.18 Å². The molecule has 0 fully saturated rings. The summed E-state index contributed by atoms with van der Waals surface area (Å²) in [6, 6.07) is 11.0. The fraction of sp³-hybridized carbons (Fsp3) is 0.200. The number of halogens is 5. The third-order valence-electron chi connectivity index (χ3n) is 2.98. The number of alkyl halides is 4. The quantitative estimate of drug-likeness (QED) is 0.601. The average molecular weight is 318 g/mol. The lowest BCUT2D eigenvalue weighted by Crippen LogP contribution is -2.14. The SMILES string of the molecule is Fc1cc(C(F)(F)F)ccc1NC(CCl)c1ccccc1. The lowest BCUT2D eigenvalue weighted by molar-refractivity contribution is -0.137. The third-order valence-corrected chi connectivity index (χ3v) is 3.29. The highest BCUT2D eigenvalue weighted by atomic mass is 35.5. The second kappa shape index (κ2) is 6.35. The van der Waals surface area contributed by atoms with Gasteiger partial charge in [0, 0.05) is 5.88 Å². The second-order valence-electron chi connectivity index (χ2n) is 4.45. The summed E-state index contributed by atoms with van der Waals surface area (Å²) < 4.78 is 51.2. The molecule has 2 aromatic rings. The summed E-state index contributed by atoms with van der Waals surface area (Å²) in [4.78, 5) is 0. The standard InChI is InChI=1S/C15H12ClF4N/c16-9-14(10-4-2-1-3-5-10)21-13-7-6-11(8-12(13)17)15(18,19)20/h1-8,14,21H,9H2. The minimum atomic E-state index is -4.56. The van der Waals surface area contributed by atoms with Crippen molar-refractivity contribution in [3.63, 3.8) is 0 Å². The van der Waals surface area contributed by atoms with E-state index >= 15 is 0 Å². The van der Waals surface area contributed by atoms with E-state index in [1.165, 1.54) is 0 Å². The molecule has 2 aromatic carbocycles. The Kier molecular flexibility index (Phi) is 4.73. The van der Waals surface area contributed by atoms with Crippen molar-refractivity contribution in [3.8, 4) is 0 Å². The van der Waals surface area contributed by atoms with Crippen LogP contribution in [0.2, 0.25) is 0 Å². The van der Waals surface area contributed by atoms with Crippen LogP contribution >= 0.6 is 11.6 Å².